The number of halogens is 3. The first kappa shape index (κ1) is 21.5. The maximum atomic E-state index is 13.2. The Hall–Kier alpha value is -4.32. The van der Waals surface area contributed by atoms with Crippen molar-refractivity contribution in [2.24, 2.45) is 0 Å². The van der Waals surface area contributed by atoms with Gasteiger partial charge in [-0.2, -0.15) is 13.2 Å². The minimum Gasteiger partial charge on any atom is -0.267 e. The zero-order valence-corrected chi connectivity index (χ0v) is 17.8. The second-order valence-electron chi connectivity index (χ2n) is 7.07. The highest BCUT2D eigenvalue weighted by molar-refractivity contribution is 7.13. The average molecular weight is 482 g/mol. The van der Waals surface area contributed by atoms with E-state index in [0.29, 0.717) is 15.8 Å². The molecule has 170 valence electrons. The van der Waals surface area contributed by atoms with Crippen LogP contribution in [0.5, 0.6) is 0 Å². The summed E-state index contributed by atoms with van der Waals surface area (Å²) in [6, 6.07) is 14.6. The smallest absolute Gasteiger partial charge is 0.267 e. The first-order chi connectivity index (χ1) is 16.3. The number of hydrogen-bond donors (Lipinski definition) is 1. The summed E-state index contributed by atoms with van der Waals surface area (Å²) in [6.07, 6.45) is -3.39. The van der Waals surface area contributed by atoms with Crippen LogP contribution in [0.4, 0.5) is 13.2 Å². The first-order valence-corrected chi connectivity index (χ1v) is 10.7. The van der Waals surface area contributed by atoms with Gasteiger partial charge in [0.15, 0.2) is 5.82 Å². The topological polar surface area (TPSA) is 94.7 Å². The Morgan fingerprint density at radius 3 is 2.62 bits per heavy atom. The summed E-state index contributed by atoms with van der Waals surface area (Å²) in [5, 5.41) is 6.21. The van der Waals surface area contributed by atoms with Crippen molar-refractivity contribution in [1.29, 1.82) is 0 Å². The zero-order chi connectivity index (χ0) is 23.9. The Balaban J connectivity index is 1.55. The van der Waals surface area contributed by atoms with E-state index in [2.05, 4.69) is 20.5 Å². The molecule has 5 rings (SSSR count). The van der Waals surface area contributed by atoms with Crippen molar-refractivity contribution in [1.82, 2.24) is 24.4 Å². The Kier molecular flexibility index (Phi) is 5.21. The van der Waals surface area contributed by atoms with Crippen LogP contribution >= 0.6 is 11.3 Å². The van der Waals surface area contributed by atoms with Gasteiger partial charge in [-0.15, -0.1) is 16.4 Å². The van der Waals surface area contributed by atoms with Crippen LogP contribution in [-0.2, 0) is 6.18 Å². The number of carbonyl (C=O) groups excluding carboxylic acids is 1. The molecule has 8 nitrogen and oxygen atoms in total. The van der Waals surface area contributed by atoms with Gasteiger partial charge in [-0.1, -0.05) is 24.3 Å². The number of alkyl halides is 3. The molecular weight excluding hydrogens is 469 g/mol. The highest BCUT2D eigenvalue weighted by Gasteiger charge is 2.31. The number of nitrogens with zero attached hydrogens (tertiary/aromatic N) is 5. The molecule has 0 bridgehead atoms. The maximum Gasteiger partial charge on any atom is 0.416 e. The second-order valence-corrected chi connectivity index (χ2v) is 8.02. The van der Waals surface area contributed by atoms with E-state index in [9.17, 15) is 22.8 Å². The molecule has 0 fully saturated rings. The molecule has 2 aromatic carbocycles. The van der Waals surface area contributed by atoms with Gasteiger partial charge in [0.05, 0.1) is 27.0 Å². The van der Waals surface area contributed by atoms with E-state index < -0.39 is 23.2 Å². The van der Waals surface area contributed by atoms with Crippen LogP contribution in [0.1, 0.15) is 16.2 Å². The van der Waals surface area contributed by atoms with Gasteiger partial charge >= 0.3 is 12.1 Å². The summed E-state index contributed by atoms with van der Waals surface area (Å²) in [4.78, 5) is 34.5. The highest BCUT2D eigenvalue weighted by Crippen LogP contribution is 2.32. The molecule has 1 amide bonds. The largest absolute Gasteiger partial charge is 0.416 e. The van der Waals surface area contributed by atoms with E-state index in [0.717, 1.165) is 27.8 Å². The number of para-hydroxylation sites is 1. The number of aromatic nitrogens is 5. The molecule has 0 aliphatic carbocycles. The predicted molar refractivity (Wildman–Crippen MR) is 119 cm³/mol. The highest BCUT2D eigenvalue weighted by atomic mass is 32.1. The van der Waals surface area contributed by atoms with Gasteiger partial charge in [0.2, 0.25) is 5.82 Å². The third kappa shape index (κ3) is 3.94. The Labute approximate surface area is 192 Å². The molecule has 12 heteroatoms. The summed E-state index contributed by atoms with van der Waals surface area (Å²) in [5.41, 5.74) is 1.55. The van der Waals surface area contributed by atoms with E-state index in [1.807, 2.05) is 0 Å². The number of hydrogen-bond acceptors (Lipinski definition) is 6. The van der Waals surface area contributed by atoms with Crippen LogP contribution in [0.2, 0.25) is 0 Å². The Morgan fingerprint density at radius 2 is 1.85 bits per heavy atom. The summed E-state index contributed by atoms with van der Waals surface area (Å²) in [5.74, 6) is -0.980. The second kappa shape index (κ2) is 8.23. The number of rotatable bonds is 4. The summed E-state index contributed by atoms with van der Waals surface area (Å²) < 4.78 is 41.8. The van der Waals surface area contributed by atoms with Crippen LogP contribution in [0, 0.1) is 0 Å². The monoisotopic (exact) mass is 482 g/mol. The van der Waals surface area contributed by atoms with E-state index in [4.69, 9.17) is 0 Å². The minimum atomic E-state index is -4.55. The fourth-order valence-corrected chi connectivity index (χ4v) is 3.97. The molecule has 34 heavy (non-hydrogen) atoms. The van der Waals surface area contributed by atoms with E-state index >= 15 is 0 Å². The van der Waals surface area contributed by atoms with Gasteiger partial charge in [-0.3, -0.25) is 15.0 Å². The molecule has 0 atom stereocenters. The van der Waals surface area contributed by atoms with Crippen LogP contribution in [-0.4, -0.2) is 30.3 Å². The SMILES string of the molecule is O=C(Nn1cnc2ccccc2c1=O)c1nc(-c2cccs2)n(-c2cccc(C(F)(F)F)c2)n1. The third-order valence-corrected chi connectivity index (χ3v) is 5.72. The van der Waals surface area contributed by atoms with E-state index in [-0.39, 0.29) is 17.3 Å². The lowest BCUT2D eigenvalue weighted by molar-refractivity contribution is -0.137. The quantitative estimate of drug-likeness (QED) is 0.416. The molecular formula is C22H13F3N6O2S. The van der Waals surface area contributed by atoms with Crippen LogP contribution in [0.25, 0.3) is 27.3 Å². The number of amides is 1. The van der Waals surface area contributed by atoms with Crippen molar-refractivity contribution in [3.63, 3.8) is 0 Å². The molecule has 0 saturated carbocycles. The molecule has 0 spiro atoms. The lowest BCUT2D eigenvalue weighted by Gasteiger charge is -2.09. The number of carbonyl (C=O) groups is 1. The van der Waals surface area contributed by atoms with Gasteiger partial charge < -0.3 is 0 Å². The molecule has 5 aromatic rings. The van der Waals surface area contributed by atoms with Crippen molar-refractivity contribution in [2.45, 2.75) is 6.18 Å². The molecule has 3 heterocycles. The van der Waals surface area contributed by atoms with Gasteiger partial charge in [-0.25, -0.2) is 19.3 Å². The fraction of sp³-hybridized carbons (Fsp3) is 0.0455. The zero-order valence-electron chi connectivity index (χ0n) is 17.0. The van der Waals surface area contributed by atoms with Crippen LogP contribution in [0.15, 0.2) is 77.2 Å². The standard InChI is InChI=1S/C22H13F3N6O2S/c23-22(24,25)13-5-3-6-14(11-13)31-19(17-9-4-10-34-17)27-18(28-31)20(32)29-30-12-26-16-8-2-1-7-15(16)21(30)33/h1-12H,(H,29,32). The summed E-state index contributed by atoms with van der Waals surface area (Å²) in [6.45, 7) is 0. The van der Waals surface area contributed by atoms with Crippen molar-refractivity contribution in [3.05, 3.63) is 94.1 Å². The first-order valence-electron chi connectivity index (χ1n) is 9.77. The molecule has 0 saturated heterocycles. The molecule has 0 aliphatic heterocycles. The predicted octanol–water partition coefficient (Wildman–Crippen LogP) is 4.11. The third-order valence-electron chi connectivity index (χ3n) is 4.86. The molecule has 0 aliphatic rings. The van der Waals surface area contributed by atoms with E-state index in [1.54, 1.807) is 41.8 Å². The van der Waals surface area contributed by atoms with Gasteiger partial charge in [0.1, 0.15) is 6.33 Å². The van der Waals surface area contributed by atoms with Crippen molar-refractivity contribution < 1.29 is 18.0 Å². The van der Waals surface area contributed by atoms with E-state index in [1.165, 1.54) is 23.5 Å². The Bertz CT molecular complexity index is 1570. The number of benzene rings is 2. The average Bonchev–Trinajstić information content (AvgIpc) is 3.51. The van der Waals surface area contributed by atoms with Gasteiger partial charge in [0, 0.05) is 0 Å². The molecule has 1 N–H and O–H groups in total. The summed E-state index contributed by atoms with van der Waals surface area (Å²) >= 11 is 1.29. The lowest BCUT2D eigenvalue weighted by atomic mass is 10.2. The molecule has 0 radical (unpaired) electrons. The van der Waals surface area contributed by atoms with Crippen LogP contribution in [0.3, 0.4) is 0 Å². The normalized spacial score (nSPS) is 11.6. The number of nitrogens with one attached hydrogen (secondary N) is 1. The maximum absolute atomic E-state index is 13.2. The van der Waals surface area contributed by atoms with Crippen molar-refractivity contribution in [3.8, 4) is 16.4 Å². The fourth-order valence-electron chi connectivity index (χ4n) is 3.28. The number of thiophene rings is 1. The van der Waals surface area contributed by atoms with Crippen molar-refractivity contribution >= 4 is 28.1 Å². The number of fused-ring (bicyclic) bond motifs is 1. The minimum absolute atomic E-state index is 0.0781. The van der Waals surface area contributed by atoms with Gasteiger partial charge in [0.25, 0.3) is 5.56 Å². The van der Waals surface area contributed by atoms with Crippen LogP contribution < -0.4 is 11.0 Å². The molecule has 3 aromatic heterocycles. The lowest BCUT2D eigenvalue weighted by Crippen LogP contribution is -2.33. The summed E-state index contributed by atoms with van der Waals surface area (Å²) in [7, 11) is 0. The van der Waals surface area contributed by atoms with Crippen molar-refractivity contribution in [2.75, 3.05) is 5.43 Å². The molecule has 0 unspecified atom stereocenters. The van der Waals surface area contributed by atoms with Gasteiger partial charge in [-0.05, 0) is 41.8 Å². The Morgan fingerprint density at radius 1 is 1.03 bits per heavy atom.